The highest BCUT2D eigenvalue weighted by molar-refractivity contribution is 7.27. The Morgan fingerprint density at radius 1 is 0.396 bits per heavy atom. The molecule has 53 heavy (non-hydrogen) atoms. The average molecular weight is 709 g/mol. The lowest BCUT2D eigenvalue weighted by atomic mass is 9.78. The van der Waals surface area contributed by atoms with Crippen LogP contribution < -0.4 is 0 Å². The maximum Gasteiger partial charge on any atom is 0.0433 e. The molecule has 0 amide bonds. The molecule has 0 spiro atoms. The van der Waals surface area contributed by atoms with Gasteiger partial charge in [0, 0.05) is 45.8 Å². The largest absolute Gasteiger partial charge is 0.135 e. The quantitative estimate of drug-likeness (QED) is 0.157. The molecule has 248 valence electrons. The maximum absolute atomic E-state index is 2.54. The van der Waals surface area contributed by atoms with Crippen LogP contribution in [0.25, 0.3) is 106 Å². The van der Waals surface area contributed by atoms with Gasteiger partial charge >= 0.3 is 0 Å². The molecule has 2 aromatic heterocycles. The van der Waals surface area contributed by atoms with Crippen molar-refractivity contribution in [1.82, 2.24) is 0 Å². The third kappa shape index (κ3) is 3.95. The summed E-state index contributed by atoms with van der Waals surface area (Å²) in [4.78, 5) is 0. The van der Waals surface area contributed by atoms with E-state index in [9.17, 15) is 0 Å². The molecule has 1 aliphatic rings. The topological polar surface area (TPSA) is 0 Å². The van der Waals surface area contributed by atoms with E-state index < -0.39 is 0 Å². The van der Waals surface area contributed by atoms with Gasteiger partial charge in [-0.05, 0) is 101 Å². The van der Waals surface area contributed by atoms with Gasteiger partial charge in [-0.25, -0.2) is 0 Å². The first kappa shape index (κ1) is 29.7. The highest BCUT2D eigenvalue weighted by atomic mass is 32.1. The monoisotopic (exact) mass is 708 g/mol. The second-order valence-electron chi connectivity index (χ2n) is 15.1. The van der Waals surface area contributed by atoms with Crippen molar-refractivity contribution in [2.24, 2.45) is 0 Å². The molecule has 2 heteroatoms. The van der Waals surface area contributed by atoms with Crippen molar-refractivity contribution in [2.45, 2.75) is 19.3 Å². The summed E-state index contributed by atoms with van der Waals surface area (Å²) in [5.74, 6) is 0. The minimum Gasteiger partial charge on any atom is -0.135 e. The molecule has 0 atom stereocenters. The fourth-order valence-corrected chi connectivity index (χ4v) is 12.1. The van der Waals surface area contributed by atoms with Crippen molar-refractivity contribution in [1.29, 1.82) is 0 Å². The van der Waals surface area contributed by atoms with Crippen LogP contribution in [0.3, 0.4) is 0 Å². The minimum absolute atomic E-state index is 0.163. The Kier molecular flexibility index (Phi) is 5.97. The lowest BCUT2D eigenvalue weighted by molar-refractivity contribution is 0.667. The molecule has 11 aromatic rings. The number of fused-ring (bicyclic) bond motifs is 14. The summed E-state index contributed by atoms with van der Waals surface area (Å²) >= 11 is 3.84. The van der Waals surface area contributed by atoms with Crippen molar-refractivity contribution >= 4 is 95.3 Å². The Morgan fingerprint density at radius 3 is 1.79 bits per heavy atom. The number of thiophene rings is 2. The van der Waals surface area contributed by atoms with Crippen molar-refractivity contribution in [3.63, 3.8) is 0 Å². The molecule has 0 aliphatic heterocycles. The number of benzene rings is 9. The van der Waals surface area contributed by atoms with Crippen LogP contribution in [-0.4, -0.2) is 0 Å². The van der Waals surface area contributed by atoms with Gasteiger partial charge in [-0.1, -0.05) is 147 Å². The van der Waals surface area contributed by atoms with Crippen LogP contribution in [-0.2, 0) is 5.41 Å². The molecule has 0 N–H and O–H groups in total. The fraction of sp³-hybridized carbons (Fsp3) is 0.0588. The average Bonchev–Trinajstić information content (AvgIpc) is 3.84. The van der Waals surface area contributed by atoms with Gasteiger partial charge in [0.2, 0.25) is 0 Å². The van der Waals surface area contributed by atoms with Crippen LogP contribution in [0.15, 0.2) is 158 Å². The van der Waals surface area contributed by atoms with Crippen LogP contribution in [0.5, 0.6) is 0 Å². The van der Waals surface area contributed by atoms with E-state index in [0.29, 0.717) is 0 Å². The second kappa shape index (κ2) is 10.6. The molecule has 0 bridgehead atoms. The van der Waals surface area contributed by atoms with E-state index in [0.717, 1.165) is 0 Å². The first-order valence-corrected chi connectivity index (χ1v) is 20.1. The van der Waals surface area contributed by atoms with Crippen molar-refractivity contribution in [2.75, 3.05) is 0 Å². The Bertz CT molecular complexity index is 3310. The summed E-state index contributed by atoms with van der Waals surface area (Å²) in [5, 5.41) is 13.3. The van der Waals surface area contributed by atoms with Crippen LogP contribution >= 0.6 is 22.7 Å². The van der Waals surface area contributed by atoms with Crippen LogP contribution in [0, 0.1) is 0 Å². The van der Waals surface area contributed by atoms with Gasteiger partial charge in [0.05, 0.1) is 0 Å². The van der Waals surface area contributed by atoms with Gasteiger partial charge in [-0.2, -0.15) is 0 Å². The predicted molar refractivity (Wildman–Crippen MR) is 233 cm³/mol. The SMILES string of the molecule is CC1(C)c2ccccc2-c2c(-c3c4ccccc4c(-c4ccc5sc6ccccc6c5c4)c4ccccc34)cc3sc4c5ccccc5ccc4c3c21. The van der Waals surface area contributed by atoms with E-state index in [-0.39, 0.29) is 5.41 Å². The lowest BCUT2D eigenvalue weighted by Gasteiger charge is -2.24. The summed E-state index contributed by atoms with van der Waals surface area (Å²) in [6.07, 6.45) is 0. The molecule has 0 radical (unpaired) electrons. The summed E-state index contributed by atoms with van der Waals surface area (Å²) in [6.45, 7) is 4.88. The fourth-order valence-electron chi connectivity index (χ4n) is 9.76. The van der Waals surface area contributed by atoms with E-state index in [1.54, 1.807) is 0 Å². The Morgan fingerprint density at radius 2 is 1.02 bits per heavy atom. The first-order valence-electron chi connectivity index (χ1n) is 18.4. The molecule has 9 aromatic carbocycles. The summed E-state index contributed by atoms with van der Waals surface area (Å²) in [6, 6.07) is 59.5. The molecular formula is C51H32S2. The Balaban J connectivity index is 1.24. The summed E-state index contributed by atoms with van der Waals surface area (Å²) < 4.78 is 5.41. The number of hydrogen-bond donors (Lipinski definition) is 0. The molecular weight excluding hydrogens is 677 g/mol. The van der Waals surface area contributed by atoms with Crippen molar-refractivity contribution < 1.29 is 0 Å². The van der Waals surface area contributed by atoms with E-state index in [1.807, 2.05) is 22.7 Å². The number of hydrogen-bond acceptors (Lipinski definition) is 2. The number of rotatable bonds is 2. The van der Waals surface area contributed by atoms with Gasteiger partial charge in [-0.15, -0.1) is 22.7 Å². The van der Waals surface area contributed by atoms with E-state index in [4.69, 9.17) is 0 Å². The first-order chi connectivity index (χ1) is 26.1. The zero-order valence-corrected chi connectivity index (χ0v) is 31.0. The standard InChI is InChI=1S/C51H32S2/c1-51(2)41-21-11-9-20-37(41)47-40(28-44-48(49(47)51)38-25-23-29-13-3-4-14-31(29)50(38)53-44)46-35-18-7-5-16-33(35)45(34-17-6-8-19-36(34)46)30-24-26-43-39(27-30)32-15-10-12-22-42(32)52-43/h3-28H,1-2H3. The van der Waals surface area contributed by atoms with Crippen molar-refractivity contribution in [3.05, 3.63) is 169 Å². The van der Waals surface area contributed by atoms with Crippen LogP contribution in [0.1, 0.15) is 25.0 Å². The smallest absolute Gasteiger partial charge is 0.0433 e. The predicted octanol–water partition coefficient (Wildman–Crippen LogP) is 15.5. The van der Waals surface area contributed by atoms with Gasteiger partial charge in [0.25, 0.3) is 0 Å². The molecule has 0 unspecified atom stereocenters. The zero-order valence-electron chi connectivity index (χ0n) is 29.3. The normalized spacial score (nSPS) is 13.6. The molecule has 2 heterocycles. The third-order valence-corrected chi connectivity index (χ3v) is 14.4. The van der Waals surface area contributed by atoms with E-state index >= 15 is 0 Å². The van der Waals surface area contributed by atoms with Crippen LogP contribution in [0.4, 0.5) is 0 Å². The third-order valence-electron chi connectivity index (χ3n) is 12.0. The molecule has 1 aliphatic carbocycles. The molecule has 0 fully saturated rings. The van der Waals surface area contributed by atoms with Gasteiger partial charge < -0.3 is 0 Å². The Hall–Kier alpha value is -5.80. The molecule has 0 saturated carbocycles. The van der Waals surface area contributed by atoms with Gasteiger partial charge in [0.15, 0.2) is 0 Å². The van der Waals surface area contributed by atoms with Gasteiger partial charge in [-0.3, -0.25) is 0 Å². The molecule has 0 nitrogen and oxygen atoms in total. The van der Waals surface area contributed by atoms with E-state index in [2.05, 4.69) is 172 Å². The second-order valence-corrected chi connectivity index (χ2v) is 17.3. The maximum atomic E-state index is 2.54. The molecule has 12 rings (SSSR count). The van der Waals surface area contributed by atoms with Gasteiger partial charge in [0.1, 0.15) is 0 Å². The highest BCUT2D eigenvalue weighted by Gasteiger charge is 2.40. The Labute approximate surface area is 315 Å². The zero-order chi connectivity index (χ0) is 35.0. The van der Waals surface area contributed by atoms with E-state index in [1.165, 1.54) is 117 Å². The van der Waals surface area contributed by atoms with Crippen molar-refractivity contribution in [3.8, 4) is 33.4 Å². The highest BCUT2D eigenvalue weighted by Crippen LogP contribution is 2.59. The summed E-state index contributed by atoms with van der Waals surface area (Å²) in [5.41, 5.74) is 10.7. The minimum atomic E-state index is -0.163. The lowest BCUT2D eigenvalue weighted by Crippen LogP contribution is -2.15. The van der Waals surface area contributed by atoms with Crippen LogP contribution in [0.2, 0.25) is 0 Å². The molecule has 0 saturated heterocycles. The summed E-state index contributed by atoms with van der Waals surface area (Å²) in [7, 11) is 0.